The Balaban J connectivity index is 1.88. The van der Waals surface area contributed by atoms with Gasteiger partial charge in [-0.3, -0.25) is 4.79 Å². The Kier molecular flexibility index (Phi) is 4.19. The summed E-state index contributed by atoms with van der Waals surface area (Å²) in [7, 11) is -3.28. The number of carbonyl (C=O) groups is 1. The van der Waals surface area contributed by atoms with Gasteiger partial charge in [-0.1, -0.05) is 48.5 Å². The lowest BCUT2D eigenvalue weighted by atomic mass is 9.91. The highest BCUT2D eigenvalue weighted by atomic mass is 32.2. The highest BCUT2D eigenvalue weighted by Gasteiger charge is 2.35. The Bertz CT molecular complexity index is 861. The molecule has 2 unspecified atom stereocenters. The van der Waals surface area contributed by atoms with Crippen molar-refractivity contribution in [1.29, 1.82) is 0 Å². The van der Waals surface area contributed by atoms with Crippen LogP contribution in [0, 0.1) is 0 Å². The second-order valence-electron chi connectivity index (χ2n) is 6.24. The lowest BCUT2D eigenvalue weighted by Gasteiger charge is -2.30. The Morgan fingerprint density at radius 3 is 2.46 bits per heavy atom. The Morgan fingerprint density at radius 1 is 1.12 bits per heavy atom. The van der Waals surface area contributed by atoms with E-state index in [9.17, 15) is 13.2 Å². The van der Waals surface area contributed by atoms with Crippen molar-refractivity contribution in [2.24, 2.45) is 5.73 Å². The summed E-state index contributed by atoms with van der Waals surface area (Å²) < 4.78 is 24.4. The van der Waals surface area contributed by atoms with Gasteiger partial charge in [0.1, 0.15) is 5.54 Å². The van der Waals surface area contributed by atoms with Crippen LogP contribution in [0.2, 0.25) is 0 Å². The van der Waals surface area contributed by atoms with Gasteiger partial charge in [-0.05, 0) is 30.5 Å². The van der Waals surface area contributed by atoms with Gasteiger partial charge in [0.15, 0.2) is 9.84 Å². The first-order chi connectivity index (χ1) is 11.3. The molecule has 24 heavy (non-hydrogen) atoms. The fourth-order valence-corrected chi connectivity index (χ4v) is 4.58. The Hall–Kier alpha value is -2.18. The molecule has 126 valence electrons. The molecule has 5 nitrogen and oxygen atoms in total. The summed E-state index contributed by atoms with van der Waals surface area (Å²) in [4.78, 5) is 13.0. The number of sulfone groups is 1. The smallest absolute Gasteiger partial charge is 0.244 e. The maximum atomic E-state index is 12.7. The van der Waals surface area contributed by atoms with E-state index in [1.165, 1.54) is 0 Å². The summed E-state index contributed by atoms with van der Waals surface area (Å²) in [6.45, 7) is 1.66. The van der Waals surface area contributed by atoms with Crippen molar-refractivity contribution in [2.75, 3.05) is 5.75 Å². The number of benzene rings is 2. The molecule has 2 aromatic rings. The lowest BCUT2D eigenvalue weighted by molar-refractivity contribution is -0.127. The van der Waals surface area contributed by atoms with Gasteiger partial charge in [0.2, 0.25) is 5.91 Å². The van der Waals surface area contributed by atoms with Crippen LogP contribution in [0.5, 0.6) is 0 Å². The van der Waals surface area contributed by atoms with Crippen molar-refractivity contribution < 1.29 is 13.2 Å². The summed E-state index contributed by atoms with van der Waals surface area (Å²) in [6, 6.07) is 15.6. The van der Waals surface area contributed by atoms with Crippen LogP contribution >= 0.6 is 0 Å². The predicted octanol–water partition coefficient (Wildman–Crippen LogP) is 1.90. The highest BCUT2D eigenvalue weighted by Crippen LogP contribution is 2.32. The molecule has 3 rings (SSSR count). The van der Waals surface area contributed by atoms with Crippen LogP contribution in [-0.2, 0) is 20.2 Å². The van der Waals surface area contributed by atoms with Crippen molar-refractivity contribution in [2.45, 2.75) is 29.8 Å². The number of hydrogen-bond donors (Lipinski definition) is 2. The molecule has 1 heterocycles. The fourth-order valence-electron chi connectivity index (χ4n) is 2.96. The third kappa shape index (κ3) is 2.95. The van der Waals surface area contributed by atoms with Crippen molar-refractivity contribution in [3.8, 4) is 0 Å². The van der Waals surface area contributed by atoms with Gasteiger partial charge in [0.25, 0.3) is 0 Å². The molecule has 1 amide bonds. The standard InChI is InChI=1S/C18H20N2O3S/c1-18(19,13-7-3-2-4-8-13)17(21)20-15-11-12-24(22,23)16-10-6-5-9-14(15)16/h2-10,15H,11-12,19H2,1H3,(H,20,21). The van der Waals surface area contributed by atoms with E-state index in [1.807, 2.05) is 18.2 Å². The number of fused-ring (bicyclic) bond motifs is 1. The van der Waals surface area contributed by atoms with Crippen LogP contribution in [-0.4, -0.2) is 20.1 Å². The summed E-state index contributed by atoms with van der Waals surface area (Å²) in [5, 5.41) is 2.92. The predicted molar refractivity (Wildman–Crippen MR) is 92.0 cm³/mol. The van der Waals surface area contributed by atoms with Gasteiger partial charge in [-0.25, -0.2) is 8.42 Å². The van der Waals surface area contributed by atoms with Gasteiger partial charge in [-0.15, -0.1) is 0 Å². The third-order valence-corrected chi connectivity index (χ3v) is 6.27. The molecule has 6 heteroatoms. The van der Waals surface area contributed by atoms with Gasteiger partial charge in [0.05, 0.1) is 16.7 Å². The largest absolute Gasteiger partial charge is 0.347 e. The molecule has 0 aliphatic carbocycles. The number of carbonyl (C=O) groups excluding carboxylic acids is 1. The number of hydrogen-bond acceptors (Lipinski definition) is 4. The highest BCUT2D eigenvalue weighted by molar-refractivity contribution is 7.91. The zero-order valence-corrected chi connectivity index (χ0v) is 14.2. The average molecular weight is 344 g/mol. The number of nitrogens with two attached hydrogens (primary N) is 1. The molecule has 0 saturated carbocycles. The van der Waals surface area contributed by atoms with Crippen LogP contribution < -0.4 is 11.1 Å². The van der Waals surface area contributed by atoms with Gasteiger partial charge >= 0.3 is 0 Å². The Morgan fingerprint density at radius 2 is 1.75 bits per heavy atom. The van der Waals surface area contributed by atoms with Crippen LogP contribution in [0.15, 0.2) is 59.5 Å². The first-order valence-corrected chi connectivity index (χ1v) is 9.44. The van der Waals surface area contributed by atoms with Crippen LogP contribution in [0.3, 0.4) is 0 Å². The quantitative estimate of drug-likeness (QED) is 0.890. The second kappa shape index (κ2) is 6.03. The first kappa shape index (κ1) is 16.7. The SMILES string of the molecule is CC(N)(C(=O)NC1CCS(=O)(=O)c2ccccc21)c1ccccc1. The topological polar surface area (TPSA) is 89.3 Å². The molecule has 0 aromatic heterocycles. The second-order valence-corrected chi connectivity index (χ2v) is 8.32. The molecule has 0 spiro atoms. The Labute approximate surface area is 141 Å². The molecular weight excluding hydrogens is 324 g/mol. The molecule has 0 bridgehead atoms. The number of rotatable bonds is 3. The van der Waals surface area contributed by atoms with Crippen LogP contribution in [0.1, 0.15) is 30.5 Å². The molecule has 0 fully saturated rings. The third-order valence-electron chi connectivity index (χ3n) is 4.46. The molecule has 0 radical (unpaired) electrons. The summed E-state index contributed by atoms with van der Waals surface area (Å²) in [5.74, 6) is -0.311. The number of amides is 1. The molecule has 2 aromatic carbocycles. The lowest BCUT2D eigenvalue weighted by Crippen LogP contribution is -2.50. The van der Waals surface area contributed by atoms with Crippen molar-refractivity contribution >= 4 is 15.7 Å². The fraction of sp³-hybridized carbons (Fsp3) is 0.278. The minimum atomic E-state index is -3.28. The molecule has 1 aliphatic rings. The summed E-state index contributed by atoms with van der Waals surface area (Å²) >= 11 is 0. The molecule has 2 atom stereocenters. The maximum absolute atomic E-state index is 12.7. The van der Waals surface area contributed by atoms with Gasteiger partial charge in [-0.2, -0.15) is 0 Å². The first-order valence-electron chi connectivity index (χ1n) is 7.79. The van der Waals surface area contributed by atoms with Crippen LogP contribution in [0.4, 0.5) is 0 Å². The minimum Gasteiger partial charge on any atom is -0.347 e. The van der Waals surface area contributed by atoms with Crippen molar-refractivity contribution in [3.05, 3.63) is 65.7 Å². The minimum absolute atomic E-state index is 0.0155. The van der Waals surface area contributed by atoms with Crippen molar-refractivity contribution in [1.82, 2.24) is 5.32 Å². The zero-order chi connectivity index (χ0) is 17.4. The monoisotopic (exact) mass is 344 g/mol. The summed E-state index contributed by atoms with van der Waals surface area (Å²) in [5.41, 5.74) is 6.39. The molecular formula is C18H20N2O3S. The van der Waals surface area contributed by atoms with E-state index in [-0.39, 0.29) is 17.7 Å². The van der Waals surface area contributed by atoms with E-state index in [0.717, 1.165) is 0 Å². The maximum Gasteiger partial charge on any atom is 0.244 e. The number of nitrogens with one attached hydrogen (secondary N) is 1. The van der Waals surface area contributed by atoms with Gasteiger partial charge < -0.3 is 11.1 Å². The van der Waals surface area contributed by atoms with E-state index in [4.69, 9.17) is 5.73 Å². The zero-order valence-electron chi connectivity index (χ0n) is 13.4. The van der Waals surface area contributed by atoms with E-state index >= 15 is 0 Å². The molecule has 3 N–H and O–H groups in total. The van der Waals surface area contributed by atoms with E-state index in [1.54, 1.807) is 43.3 Å². The van der Waals surface area contributed by atoms with E-state index in [2.05, 4.69) is 5.32 Å². The molecule has 1 aliphatic heterocycles. The normalized spacial score (nSPS) is 21.3. The van der Waals surface area contributed by atoms with E-state index in [0.29, 0.717) is 22.4 Å². The van der Waals surface area contributed by atoms with Crippen molar-refractivity contribution in [3.63, 3.8) is 0 Å². The van der Waals surface area contributed by atoms with Gasteiger partial charge in [0, 0.05) is 0 Å². The van der Waals surface area contributed by atoms with E-state index < -0.39 is 15.4 Å². The average Bonchev–Trinajstić information content (AvgIpc) is 2.58. The summed E-state index contributed by atoms with van der Waals surface area (Å²) in [6.07, 6.45) is 0.343. The van der Waals surface area contributed by atoms with Crippen LogP contribution in [0.25, 0.3) is 0 Å². The molecule has 0 saturated heterocycles.